The third-order valence-electron chi connectivity index (χ3n) is 8.39. The molecule has 3 aromatic rings. The molecule has 7 nitrogen and oxygen atoms in total. The Morgan fingerprint density at radius 3 is 2.57 bits per heavy atom. The number of aromatic nitrogens is 2. The molecule has 2 aliphatic heterocycles. The Bertz CT molecular complexity index is 1380. The second-order valence-electron chi connectivity index (χ2n) is 11.5. The van der Waals surface area contributed by atoms with Crippen LogP contribution >= 0.6 is 0 Å². The van der Waals surface area contributed by atoms with Gasteiger partial charge in [0.1, 0.15) is 5.60 Å². The number of hydrogen-bond donors (Lipinski definition) is 2. The molecule has 0 amide bonds. The van der Waals surface area contributed by atoms with E-state index in [0.29, 0.717) is 46.4 Å². The van der Waals surface area contributed by atoms with Crippen LogP contribution in [0.25, 0.3) is 21.4 Å². The predicted octanol–water partition coefficient (Wildman–Crippen LogP) is 6.63. The maximum absolute atomic E-state index is 11.6. The van der Waals surface area contributed by atoms with Crippen molar-refractivity contribution in [1.82, 2.24) is 9.55 Å². The van der Waals surface area contributed by atoms with Crippen molar-refractivity contribution < 1.29 is 19.4 Å². The summed E-state index contributed by atoms with van der Waals surface area (Å²) in [5.74, 6) is -0.0402. The molecule has 2 bridgehead atoms. The molecule has 2 N–H and O–H groups in total. The summed E-state index contributed by atoms with van der Waals surface area (Å²) >= 11 is 0. The third-order valence-corrected chi connectivity index (χ3v) is 12.9. The van der Waals surface area contributed by atoms with Crippen LogP contribution < -0.4 is 0 Å². The Morgan fingerprint density at radius 1 is 1.17 bits per heavy atom. The van der Waals surface area contributed by atoms with Gasteiger partial charge in [-0.25, -0.2) is 4.85 Å². The lowest BCUT2D eigenvalue weighted by Crippen LogP contribution is -2.41. The first-order valence-corrected chi connectivity index (χ1v) is 15.0. The average molecular weight is 492 g/mol. The highest BCUT2D eigenvalue weighted by molar-refractivity contribution is 6.74. The number of benzene rings is 1. The van der Waals surface area contributed by atoms with E-state index in [4.69, 9.17) is 15.7 Å². The highest BCUT2D eigenvalue weighted by Gasteiger charge is 2.61. The summed E-state index contributed by atoms with van der Waals surface area (Å²) < 4.78 is 14.5. The minimum absolute atomic E-state index is 0.0195. The molecule has 35 heavy (non-hydrogen) atoms. The molecule has 4 heterocycles. The van der Waals surface area contributed by atoms with Crippen LogP contribution in [-0.2, 0) is 20.4 Å². The van der Waals surface area contributed by atoms with Crippen LogP contribution in [0.5, 0.6) is 11.8 Å². The zero-order chi connectivity index (χ0) is 25.4. The van der Waals surface area contributed by atoms with Gasteiger partial charge >= 0.3 is 0 Å². The number of fused-ring (bicyclic) bond motifs is 6. The fraction of sp³-hybridized carbons (Fsp3) is 0.481. The largest absolute Gasteiger partial charge is 0.494 e. The van der Waals surface area contributed by atoms with Crippen molar-refractivity contribution in [2.24, 2.45) is 0 Å². The lowest BCUT2D eigenvalue weighted by molar-refractivity contribution is -0.0881. The summed E-state index contributed by atoms with van der Waals surface area (Å²) in [6.07, 6.45) is 3.77. The van der Waals surface area contributed by atoms with Crippen molar-refractivity contribution >= 4 is 24.9 Å². The quantitative estimate of drug-likeness (QED) is 0.309. The first-order chi connectivity index (χ1) is 16.4. The van der Waals surface area contributed by atoms with E-state index in [0.717, 1.165) is 12.8 Å². The monoisotopic (exact) mass is 491 g/mol. The maximum atomic E-state index is 11.6. The van der Waals surface area contributed by atoms with Crippen LogP contribution in [0.3, 0.4) is 0 Å². The van der Waals surface area contributed by atoms with Crippen LogP contribution in [0.2, 0.25) is 18.1 Å². The minimum atomic E-state index is -1.93. The number of ether oxygens (including phenoxy) is 1. The molecule has 0 spiro atoms. The Hall–Kier alpha value is -2.86. The molecular weight excluding hydrogens is 458 g/mol. The number of hydrogen-bond acceptors (Lipinski definition) is 5. The Kier molecular flexibility index (Phi) is 5.16. The van der Waals surface area contributed by atoms with Crippen LogP contribution in [-0.4, -0.2) is 34.7 Å². The average Bonchev–Trinajstić information content (AvgIpc) is 3.37. The van der Waals surface area contributed by atoms with E-state index < -0.39 is 19.5 Å². The molecule has 2 atom stereocenters. The van der Waals surface area contributed by atoms with Crippen molar-refractivity contribution in [3.8, 4) is 17.4 Å². The summed E-state index contributed by atoms with van der Waals surface area (Å²) in [4.78, 5) is 7.96. The van der Waals surface area contributed by atoms with Gasteiger partial charge < -0.3 is 19.4 Å². The number of aromatic hydroxyl groups is 2. The van der Waals surface area contributed by atoms with Crippen LogP contribution in [0.15, 0.2) is 30.5 Å². The van der Waals surface area contributed by atoms with E-state index in [9.17, 15) is 10.2 Å². The summed E-state index contributed by atoms with van der Waals surface area (Å²) in [5.41, 5.74) is 1.48. The number of nitrogens with zero attached hydrogens (tertiary/aromatic N) is 3. The molecule has 2 aromatic heterocycles. The summed E-state index contributed by atoms with van der Waals surface area (Å²) in [6, 6.07) is 7.08. The van der Waals surface area contributed by atoms with Gasteiger partial charge in [0.15, 0.2) is 8.32 Å². The summed E-state index contributed by atoms with van der Waals surface area (Å²) in [7, 11) is -1.93. The Labute approximate surface area is 207 Å². The highest BCUT2D eigenvalue weighted by Crippen LogP contribution is 2.65. The van der Waals surface area contributed by atoms with Crippen LogP contribution in [0.1, 0.15) is 58.1 Å². The topological polar surface area (TPSA) is 81.1 Å². The molecule has 184 valence electrons. The smallest absolute Gasteiger partial charge is 0.213 e. The zero-order valence-corrected chi connectivity index (χ0v) is 22.3. The van der Waals surface area contributed by atoms with E-state index in [-0.39, 0.29) is 16.8 Å². The molecule has 0 radical (unpaired) electrons. The molecule has 0 aliphatic carbocycles. The highest BCUT2D eigenvalue weighted by atomic mass is 28.4. The van der Waals surface area contributed by atoms with Crippen molar-refractivity contribution in [3.05, 3.63) is 53.0 Å². The molecule has 8 heteroatoms. The van der Waals surface area contributed by atoms with Gasteiger partial charge in [0.05, 0.1) is 34.5 Å². The number of pyridine rings is 1. The number of rotatable bonds is 5. The van der Waals surface area contributed by atoms with E-state index in [1.54, 1.807) is 24.4 Å². The van der Waals surface area contributed by atoms with Gasteiger partial charge in [-0.2, -0.15) is 0 Å². The summed E-state index contributed by atoms with van der Waals surface area (Å²) in [5, 5.41) is 23.8. The minimum Gasteiger partial charge on any atom is -0.494 e. The van der Waals surface area contributed by atoms with Gasteiger partial charge in [-0.1, -0.05) is 32.9 Å². The first-order valence-electron chi connectivity index (χ1n) is 12.1. The molecule has 5 rings (SSSR count). The third kappa shape index (κ3) is 3.33. The van der Waals surface area contributed by atoms with Crippen molar-refractivity contribution in [3.63, 3.8) is 0 Å². The lowest BCUT2D eigenvalue weighted by Gasteiger charge is -2.37. The van der Waals surface area contributed by atoms with Gasteiger partial charge in [-0.05, 0) is 50.0 Å². The lowest BCUT2D eigenvalue weighted by atomic mass is 9.78. The normalized spacial score (nSPS) is 23.6. The van der Waals surface area contributed by atoms with Crippen molar-refractivity contribution in [2.45, 2.75) is 76.3 Å². The second-order valence-corrected chi connectivity index (χ2v) is 16.3. The molecule has 1 fully saturated rings. The Balaban J connectivity index is 1.60. The van der Waals surface area contributed by atoms with Crippen molar-refractivity contribution in [1.29, 1.82) is 0 Å². The van der Waals surface area contributed by atoms with Gasteiger partial charge in [0, 0.05) is 24.6 Å². The fourth-order valence-electron chi connectivity index (χ4n) is 5.45. The summed E-state index contributed by atoms with van der Waals surface area (Å²) in [6.45, 7) is 21.1. The molecule has 2 unspecified atom stereocenters. The van der Waals surface area contributed by atoms with Gasteiger partial charge in [-0.15, -0.1) is 0 Å². The van der Waals surface area contributed by atoms with E-state index in [1.165, 1.54) is 4.57 Å². The predicted molar refractivity (Wildman–Crippen MR) is 138 cm³/mol. The molecule has 1 aromatic carbocycles. The second kappa shape index (κ2) is 7.57. The Morgan fingerprint density at radius 2 is 1.89 bits per heavy atom. The molecule has 2 aliphatic rings. The molecule has 1 saturated heterocycles. The van der Waals surface area contributed by atoms with Crippen LogP contribution in [0, 0.1) is 6.57 Å². The SMILES string of the molecule is [C-]#[N+]c1ccc(-n2c(O)c3c(c2O)C2(CCO[Si](C)(C)C(C)(C)C)CCC3(C)O2)c2cccnc12. The molecular formula is C27H33N3O4Si. The van der Waals surface area contributed by atoms with Gasteiger partial charge in [0.2, 0.25) is 17.4 Å². The van der Waals surface area contributed by atoms with Gasteiger partial charge in [0.25, 0.3) is 0 Å². The van der Waals surface area contributed by atoms with E-state index in [2.05, 4.69) is 43.7 Å². The van der Waals surface area contributed by atoms with Crippen molar-refractivity contribution in [2.75, 3.05) is 6.61 Å². The first kappa shape index (κ1) is 23.9. The van der Waals surface area contributed by atoms with Gasteiger partial charge in [-0.3, -0.25) is 9.55 Å². The van der Waals surface area contributed by atoms with E-state index in [1.807, 2.05) is 13.0 Å². The maximum Gasteiger partial charge on any atom is 0.213 e. The molecule has 0 saturated carbocycles. The van der Waals surface area contributed by atoms with Crippen LogP contribution in [0.4, 0.5) is 5.69 Å². The zero-order valence-electron chi connectivity index (χ0n) is 21.3. The fourth-order valence-corrected chi connectivity index (χ4v) is 6.50. The van der Waals surface area contributed by atoms with E-state index >= 15 is 0 Å². The standard InChI is InChI=1S/C27H33N3O4Si/c1-25(2,3)35(6,7)33-16-14-27-13-12-26(4,34-27)20-21(27)24(32)30(23(20)31)19-11-10-18(28-5)22-17(19)9-8-15-29-22/h8-11,15,31-32H,12-14,16H2,1-4,6-7H3.